The molecule has 0 saturated heterocycles. The van der Waals surface area contributed by atoms with Gasteiger partial charge in [-0.25, -0.2) is 4.79 Å². The molecule has 0 rings (SSSR count). The Morgan fingerprint density at radius 3 is 2.24 bits per heavy atom. The number of carbonyl (C=O) groups is 1. The van der Waals surface area contributed by atoms with Crippen molar-refractivity contribution >= 4 is 6.09 Å². The highest BCUT2D eigenvalue weighted by molar-refractivity contribution is 5.68. The predicted octanol–water partition coefficient (Wildman–Crippen LogP) is 3.10. The second-order valence-electron chi connectivity index (χ2n) is 5.22. The van der Waals surface area contributed by atoms with Crippen molar-refractivity contribution in [2.75, 3.05) is 7.11 Å². The molecular formula is C13H27NO3. The molecule has 0 radical (unpaired) electrons. The number of hydrogen-bond donors (Lipinski definition) is 1. The summed E-state index contributed by atoms with van der Waals surface area (Å²) in [5, 5.41) is 2.89. The molecule has 0 spiro atoms. The van der Waals surface area contributed by atoms with Crippen LogP contribution in [0.15, 0.2) is 0 Å². The van der Waals surface area contributed by atoms with E-state index >= 15 is 0 Å². The third-order valence-corrected chi connectivity index (χ3v) is 2.46. The number of ether oxygens (including phenoxy) is 2. The highest BCUT2D eigenvalue weighted by Gasteiger charge is 2.24. The van der Waals surface area contributed by atoms with Crippen molar-refractivity contribution in [2.24, 2.45) is 0 Å². The average molecular weight is 245 g/mol. The Labute approximate surface area is 105 Å². The molecule has 0 aliphatic carbocycles. The van der Waals surface area contributed by atoms with Crippen molar-refractivity contribution in [3.05, 3.63) is 0 Å². The lowest BCUT2D eigenvalue weighted by molar-refractivity contribution is 0.0310. The molecule has 1 amide bonds. The summed E-state index contributed by atoms with van der Waals surface area (Å²) >= 11 is 0. The average Bonchev–Trinajstić information content (AvgIpc) is 2.16. The summed E-state index contributed by atoms with van der Waals surface area (Å²) in [6.45, 7) is 9.71. The van der Waals surface area contributed by atoms with Gasteiger partial charge in [0, 0.05) is 7.11 Å². The monoisotopic (exact) mass is 245 g/mol. The standard InChI is InChI=1S/C13H27NO3/c1-7-9-10(11(8-2)16-6)14-12(15)17-13(3,4)5/h10-11H,7-9H2,1-6H3,(H,14,15)/t10-,11+/m1/s1. The predicted molar refractivity (Wildman–Crippen MR) is 69.2 cm³/mol. The normalized spacial score (nSPS) is 15.2. The van der Waals surface area contributed by atoms with Gasteiger partial charge in [0.2, 0.25) is 0 Å². The van der Waals surface area contributed by atoms with Gasteiger partial charge < -0.3 is 14.8 Å². The zero-order valence-corrected chi connectivity index (χ0v) is 12.0. The molecule has 4 heteroatoms. The van der Waals surface area contributed by atoms with Crippen LogP contribution in [0.5, 0.6) is 0 Å². The van der Waals surface area contributed by atoms with E-state index in [2.05, 4.69) is 12.2 Å². The maximum atomic E-state index is 11.7. The molecule has 0 aliphatic heterocycles. The summed E-state index contributed by atoms with van der Waals surface area (Å²) in [5.41, 5.74) is -0.463. The van der Waals surface area contributed by atoms with E-state index in [0.29, 0.717) is 0 Å². The van der Waals surface area contributed by atoms with Gasteiger partial charge in [-0.3, -0.25) is 0 Å². The second-order valence-corrected chi connectivity index (χ2v) is 5.22. The van der Waals surface area contributed by atoms with Gasteiger partial charge in [-0.05, 0) is 33.6 Å². The fourth-order valence-electron chi connectivity index (χ4n) is 1.74. The van der Waals surface area contributed by atoms with E-state index < -0.39 is 5.60 Å². The topological polar surface area (TPSA) is 47.6 Å². The quantitative estimate of drug-likeness (QED) is 0.782. The van der Waals surface area contributed by atoms with Gasteiger partial charge in [0.25, 0.3) is 0 Å². The molecule has 1 N–H and O–H groups in total. The van der Waals surface area contributed by atoms with Crippen LogP contribution in [0.25, 0.3) is 0 Å². The third kappa shape index (κ3) is 7.21. The number of carbonyl (C=O) groups excluding carboxylic acids is 1. The number of rotatable bonds is 6. The maximum absolute atomic E-state index is 11.7. The Bertz CT molecular complexity index is 219. The zero-order chi connectivity index (χ0) is 13.5. The van der Waals surface area contributed by atoms with E-state index in [1.807, 2.05) is 27.7 Å². The van der Waals surface area contributed by atoms with E-state index in [1.165, 1.54) is 0 Å². The lowest BCUT2D eigenvalue weighted by Gasteiger charge is -2.27. The summed E-state index contributed by atoms with van der Waals surface area (Å²) in [7, 11) is 1.67. The molecular weight excluding hydrogens is 218 g/mol. The van der Waals surface area contributed by atoms with Gasteiger partial charge >= 0.3 is 6.09 Å². The SMILES string of the molecule is CCC[C@@H](NC(=O)OC(C)(C)C)[C@H](CC)OC. The minimum absolute atomic E-state index is 0.0184. The minimum atomic E-state index is -0.463. The summed E-state index contributed by atoms with van der Waals surface area (Å²) in [4.78, 5) is 11.7. The molecule has 0 aromatic carbocycles. The van der Waals surface area contributed by atoms with Crippen molar-refractivity contribution in [1.29, 1.82) is 0 Å². The van der Waals surface area contributed by atoms with Gasteiger partial charge in [-0.1, -0.05) is 20.3 Å². The highest BCUT2D eigenvalue weighted by Crippen LogP contribution is 2.12. The van der Waals surface area contributed by atoms with E-state index in [1.54, 1.807) is 7.11 Å². The molecule has 0 unspecified atom stereocenters. The number of hydrogen-bond acceptors (Lipinski definition) is 3. The van der Waals surface area contributed by atoms with Crippen molar-refractivity contribution in [1.82, 2.24) is 5.32 Å². The molecule has 0 saturated carbocycles. The van der Waals surface area contributed by atoms with E-state index in [-0.39, 0.29) is 18.2 Å². The molecule has 4 nitrogen and oxygen atoms in total. The summed E-state index contributed by atoms with van der Waals surface area (Å²) in [6, 6.07) is 0.0184. The van der Waals surface area contributed by atoms with Crippen LogP contribution in [0.2, 0.25) is 0 Å². The maximum Gasteiger partial charge on any atom is 0.407 e. The van der Waals surface area contributed by atoms with Crippen molar-refractivity contribution < 1.29 is 14.3 Å². The highest BCUT2D eigenvalue weighted by atomic mass is 16.6. The molecule has 102 valence electrons. The molecule has 0 fully saturated rings. The van der Waals surface area contributed by atoms with Crippen LogP contribution < -0.4 is 5.32 Å². The van der Waals surface area contributed by atoms with E-state index in [0.717, 1.165) is 19.3 Å². The fourth-order valence-corrected chi connectivity index (χ4v) is 1.74. The van der Waals surface area contributed by atoms with E-state index in [9.17, 15) is 4.79 Å². The summed E-state index contributed by atoms with van der Waals surface area (Å²) in [5.74, 6) is 0. The first-order valence-corrected chi connectivity index (χ1v) is 6.36. The van der Waals surface area contributed by atoms with Crippen molar-refractivity contribution in [3.63, 3.8) is 0 Å². The molecule has 0 heterocycles. The van der Waals surface area contributed by atoms with Gasteiger partial charge in [-0.2, -0.15) is 0 Å². The molecule has 0 bridgehead atoms. The van der Waals surface area contributed by atoms with Crippen molar-refractivity contribution in [2.45, 2.75) is 71.6 Å². The molecule has 2 atom stereocenters. The molecule has 0 aromatic heterocycles. The van der Waals surface area contributed by atoms with Gasteiger partial charge in [0.05, 0.1) is 12.1 Å². The number of methoxy groups -OCH3 is 1. The lowest BCUT2D eigenvalue weighted by Crippen LogP contribution is -2.45. The Balaban J connectivity index is 4.38. The van der Waals surface area contributed by atoms with Crippen LogP contribution >= 0.6 is 0 Å². The van der Waals surface area contributed by atoms with Gasteiger partial charge in [0.15, 0.2) is 0 Å². The van der Waals surface area contributed by atoms with Crippen LogP contribution in [0.3, 0.4) is 0 Å². The van der Waals surface area contributed by atoms with Crippen LogP contribution in [0, 0.1) is 0 Å². The first-order chi connectivity index (χ1) is 7.84. The van der Waals surface area contributed by atoms with Crippen LogP contribution in [0.4, 0.5) is 4.79 Å². The number of nitrogens with one attached hydrogen (secondary N) is 1. The smallest absolute Gasteiger partial charge is 0.407 e. The first kappa shape index (κ1) is 16.2. The van der Waals surface area contributed by atoms with Crippen LogP contribution in [-0.4, -0.2) is 30.9 Å². The summed E-state index contributed by atoms with van der Waals surface area (Å²) < 4.78 is 10.6. The fraction of sp³-hybridized carbons (Fsp3) is 0.923. The number of alkyl carbamates (subject to hydrolysis) is 1. The Morgan fingerprint density at radius 1 is 1.29 bits per heavy atom. The molecule has 0 aromatic rings. The van der Waals surface area contributed by atoms with Crippen LogP contribution in [0.1, 0.15) is 53.9 Å². The van der Waals surface area contributed by atoms with Crippen molar-refractivity contribution in [3.8, 4) is 0 Å². The van der Waals surface area contributed by atoms with E-state index in [4.69, 9.17) is 9.47 Å². The lowest BCUT2D eigenvalue weighted by atomic mass is 10.0. The Hall–Kier alpha value is -0.770. The van der Waals surface area contributed by atoms with Gasteiger partial charge in [-0.15, -0.1) is 0 Å². The Kier molecular flexibility index (Phi) is 7.19. The molecule has 0 aliphatic rings. The summed E-state index contributed by atoms with van der Waals surface area (Å²) in [6.07, 6.45) is 2.44. The zero-order valence-electron chi connectivity index (χ0n) is 12.0. The molecule has 17 heavy (non-hydrogen) atoms. The second kappa shape index (κ2) is 7.54. The third-order valence-electron chi connectivity index (χ3n) is 2.46. The van der Waals surface area contributed by atoms with Crippen LogP contribution in [-0.2, 0) is 9.47 Å². The Morgan fingerprint density at radius 2 is 1.88 bits per heavy atom. The number of amides is 1. The first-order valence-electron chi connectivity index (χ1n) is 6.36. The minimum Gasteiger partial charge on any atom is -0.444 e. The van der Waals surface area contributed by atoms with Gasteiger partial charge in [0.1, 0.15) is 5.60 Å². The largest absolute Gasteiger partial charge is 0.444 e.